The monoisotopic (exact) mass is 285 g/mol. The summed E-state index contributed by atoms with van der Waals surface area (Å²) >= 11 is 0. The summed E-state index contributed by atoms with van der Waals surface area (Å²) in [6, 6.07) is 10.5. The van der Waals surface area contributed by atoms with Crippen LogP contribution in [-0.2, 0) is 0 Å². The fraction of sp³-hybridized carbons (Fsp3) is 0.250. The number of pyridine rings is 1. The molecular weight excluding hydrogens is 266 g/mol. The van der Waals surface area contributed by atoms with E-state index < -0.39 is 0 Å². The molecule has 5 nitrogen and oxygen atoms in total. The van der Waals surface area contributed by atoms with Crippen LogP contribution < -0.4 is 15.8 Å². The van der Waals surface area contributed by atoms with Crippen molar-refractivity contribution in [3.05, 3.63) is 47.7 Å². The molecule has 0 bridgehead atoms. The second-order valence-corrected chi connectivity index (χ2v) is 4.75. The summed E-state index contributed by atoms with van der Waals surface area (Å²) in [4.78, 5) is 16.2. The molecule has 1 aromatic heterocycles. The van der Waals surface area contributed by atoms with E-state index in [1.165, 1.54) is 0 Å². The van der Waals surface area contributed by atoms with E-state index in [2.05, 4.69) is 17.2 Å². The third kappa shape index (κ3) is 4.21. The van der Waals surface area contributed by atoms with E-state index in [-0.39, 0.29) is 5.91 Å². The minimum Gasteiger partial charge on any atom is -0.494 e. The zero-order valence-corrected chi connectivity index (χ0v) is 12.2. The number of ether oxygens (including phenoxy) is 1. The smallest absolute Gasteiger partial charge is 0.255 e. The lowest BCUT2D eigenvalue weighted by molar-refractivity contribution is 0.102. The first-order chi connectivity index (χ1) is 10.1. The predicted octanol–water partition coefficient (Wildman–Crippen LogP) is 3.01. The number of rotatable bonds is 5. The predicted molar refractivity (Wildman–Crippen MR) is 83.6 cm³/mol. The maximum Gasteiger partial charge on any atom is 0.255 e. The molecule has 0 saturated carbocycles. The van der Waals surface area contributed by atoms with Crippen molar-refractivity contribution in [3.8, 4) is 5.75 Å². The van der Waals surface area contributed by atoms with Gasteiger partial charge in [-0.3, -0.25) is 4.79 Å². The molecule has 110 valence electrons. The van der Waals surface area contributed by atoms with Crippen LogP contribution in [0.4, 0.5) is 11.5 Å². The first-order valence-electron chi connectivity index (χ1n) is 6.87. The Morgan fingerprint density at radius 1 is 1.29 bits per heavy atom. The number of anilines is 2. The molecule has 0 radical (unpaired) electrons. The number of nitrogens with zero attached hydrogens (tertiary/aromatic N) is 1. The fourth-order valence-corrected chi connectivity index (χ4v) is 1.88. The van der Waals surface area contributed by atoms with Crippen molar-refractivity contribution in [1.29, 1.82) is 0 Å². The van der Waals surface area contributed by atoms with Gasteiger partial charge in [-0.2, -0.15) is 0 Å². The summed E-state index contributed by atoms with van der Waals surface area (Å²) in [5.41, 5.74) is 7.56. The highest BCUT2D eigenvalue weighted by molar-refractivity contribution is 6.04. The number of carbonyl (C=O) groups excluding carboxylic acids is 1. The Hall–Kier alpha value is -2.56. The van der Waals surface area contributed by atoms with Crippen molar-refractivity contribution >= 4 is 17.4 Å². The highest BCUT2D eigenvalue weighted by Crippen LogP contribution is 2.17. The molecule has 1 aromatic carbocycles. The van der Waals surface area contributed by atoms with Gasteiger partial charge >= 0.3 is 0 Å². The Kier molecular flexibility index (Phi) is 4.77. The maximum atomic E-state index is 12.1. The molecule has 0 fully saturated rings. The number of nitrogens with one attached hydrogen (secondary N) is 1. The molecule has 1 heterocycles. The first-order valence-corrected chi connectivity index (χ1v) is 6.87. The SMILES string of the molecule is CCCOc1ccc(NC(=O)c2cc(C)nc(N)c2)cc1. The molecular formula is C16H19N3O2. The molecule has 1 amide bonds. The van der Waals surface area contributed by atoms with Gasteiger partial charge in [-0.1, -0.05) is 6.92 Å². The van der Waals surface area contributed by atoms with Gasteiger partial charge in [0.05, 0.1) is 6.61 Å². The van der Waals surface area contributed by atoms with Gasteiger partial charge in [0, 0.05) is 16.9 Å². The average molecular weight is 285 g/mol. The Morgan fingerprint density at radius 2 is 2.00 bits per heavy atom. The van der Waals surface area contributed by atoms with Crippen LogP contribution in [0.3, 0.4) is 0 Å². The number of nitrogen functional groups attached to an aromatic ring is 1. The fourth-order valence-electron chi connectivity index (χ4n) is 1.88. The molecule has 0 unspecified atom stereocenters. The van der Waals surface area contributed by atoms with Gasteiger partial charge in [0.15, 0.2) is 0 Å². The van der Waals surface area contributed by atoms with Crippen molar-refractivity contribution in [2.24, 2.45) is 0 Å². The van der Waals surface area contributed by atoms with E-state index in [1.807, 2.05) is 12.1 Å². The zero-order chi connectivity index (χ0) is 15.2. The lowest BCUT2D eigenvalue weighted by Crippen LogP contribution is -2.13. The highest BCUT2D eigenvalue weighted by Gasteiger charge is 2.08. The minimum absolute atomic E-state index is 0.213. The van der Waals surface area contributed by atoms with Crippen molar-refractivity contribution in [2.45, 2.75) is 20.3 Å². The minimum atomic E-state index is -0.213. The molecule has 0 aliphatic heterocycles. The molecule has 2 rings (SSSR count). The molecule has 0 aliphatic rings. The Morgan fingerprint density at radius 3 is 2.62 bits per heavy atom. The third-order valence-electron chi connectivity index (χ3n) is 2.82. The van der Waals surface area contributed by atoms with Crippen LogP contribution in [0.15, 0.2) is 36.4 Å². The van der Waals surface area contributed by atoms with Crippen LogP contribution in [-0.4, -0.2) is 17.5 Å². The molecule has 0 aliphatic carbocycles. The van der Waals surface area contributed by atoms with E-state index >= 15 is 0 Å². The lowest BCUT2D eigenvalue weighted by Gasteiger charge is -2.08. The number of amides is 1. The van der Waals surface area contributed by atoms with E-state index in [1.54, 1.807) is 31.2 Å². The summed E-state index contributed by atoms with van der Waals surface area (Å²) in [6.45, 7) is 4.53. The van der Waals surface area contributed by atoms with E-state index in [0.29, 0.717) is 29.4 Å². The number of aryl methyl sites for hydroxylation is 1. The van der Waals surface area contributed by atoms with Crippen molar-refractivity contribution in [3.63, 3.8) is 0 Å². The van der Waals surface area contributed by atoms with Gasteiger partial charge in [0.2, 0.25) is 0 Å². The van der Waals surface area contributed by atoms with Crippen molar-refractivity contribution in [2.75, 3.05) is 17.7 Å². The van der Waals surface area contributed by atoms with Crippen LogP contribution in [0.5, 0.6) is 5.75 Å². The van der Waals surface area contributed by atoms with Gasteiger partial charge in [0.25, 0.3) is 5.91 Å². The number of aromatic nitrogens is 1. The second kappa shape index (κ2) is 6.74. The van der Waals surface area contributed by atoms with E-state index in [0.717, 1.165) is 12.2 Å². The molecule has 0 saturated heterocycles. The summed E-state index contributed by atoms with van der Waals surface area (Å²) in [5, 5.41) is 2.82. The Bertz CT molecular complexity index is 604. The largest absolute Gasteiger partial charge is 0.494 e. The summed E-state index contributed by atoms with van der Waals surface area (Å²) in [6.07, 6.45) is 0.960. The molecule has 0 spiro atoms. The Balaban J connectivity index is 2.05. The first kappa shape index (κ1) is 14.8. The van der Waals surface area contributed by atoms with E-state index in [4.69, 9.17) is 10.5 Å². The van der Waals surface area contributed by atoms with Gasteiger partial charge in [0.1, 0.15) is 11.6 Å². The topological polar surface area (TPSA) is 77.2 Å². The number of carbonyl (C=O) groups is 1. The third-order valence-corrected chi connectivity index (χ3v) is 2.82. The molecule has 2 aromatic rings. The lowest BCUT2D eigenvalue weighted by atomic mass is 10.2. The summed E-state index contributed by atoms with van der Waals surface area (Å²) in [7, 11) is 0. The second-order valence-electron chi connectivity index (χ2n) is 4.75. The van der Waals surface area contributed by atoms with Crippen molar-refractivity contribution in [1.82, 2.24) is 4.98 Å². The number of hydrogen-bond acceptors (Lipinski definition) is 4. The van der Waals surface area contributed by atoms with Crippen LogP contribution in [0.25, 0.3) is 0 Å². The normalized spacial score (nSPS) is 10.2. The molecule has 0 atom stereocenters. The summed E-state index contributed by atoms with van der Waals surface area (Å²) in [5.74, 6) is 0.914. The van der Waals surface area contributed by atoms with Gasteiger partial charge in [-0.25, -0.2) is 4.98 Å². The van der Waals surface area contributed by atoms with E-state index in [9.17, 15) is 4.79 Å². The quantitative estimate of drug-likeness (QED) is 0.885. The zero-order valence-electron chi connectivity index (χ0n) is 12.2. The van der Waals surface area contributed by atoms with Gasteiger partial charge in [-0.05, 0) is 49.7 Å². The maximum absolute atomic E-state index is 12.1. The van der Waals surface area contributed by atoms with Crippen LogP contribution in [0.1, 0.15) is 29.4 Å². The van der Waals surface area contributed by atoms with Crippen LogP contribution in [0.2, 0.25) is 0 Å². The standard InChI is InChI=1S/C16H19N3O2/c1-3-8-21-14-6-4-13(5-7-14)19-16(20)12-9-11(2)18-15(17)10-12/h4-7,9-10H,3,8H2,1-2H3,(H2,17,18)(H,19,20). The number of hydrogen-bond donors (Lipinski definition) is 2. The van der Waals surface area contributed by atoms with Crippen LogP contribution in [0, 0.1) is 6.92 Å². The highest BCUT2D eigenvalue weighted by atomic mass is 16.5. The number of benzene rings is 1. The van der Waals surface area contributed by atoms with Gasteiger partial charge < -0.3 is 15.8 Å². The van der Waals surface area contributed by atoms with Gasteiger partial charge in [-0.15, -0.1) is 0 Å². The Labute approximate surface area is 124 Å². The molecule has 5 heteroatoms. The van der Waals surface area contributed by atoms with Crippen molar-refractivity contribution < 1.29 is 9.53 Å². The molecule has 21 heavy (non-hydrogen) atoms. The number of nitrogens with two attached hydrogens (primary N) is 1. The van der Waals surface area contributed by atoms with Crippen LogP contribution >= 0.6 is 0 Å². The average Bonchev–Trinajstić information content (AvgIpc) is 2.45. The molecule has 3 N–H and O–H groups in total. The summed E-state index contributed by atoms with van der Waals surface area (Å²) < 4.78 is 5.49.